The topological polar surface area (TPSA) is 66.5 Å². The first kappa shape index (κ1) is 20.7. The predicted molar refractivity (Wildman–Crippen MR) is 108 cm³/mol. The van der Waals surface area contributed by atoms with Gasteiger partial charge in [-0.2, -0.15) is 0 Å². The van der Waals surface area contributed by atoms with E-state index < -0.39 is 23.5 Å². The van der Waals surface area contributed by atoms with Crippen LogP contribution in [0.2, 0.25) is 0 Å². The number of carbonyl (C=O) groups is 3. The first-order valence-electron chi connectivity index (χ1n) is 9.97. The Morgan fingerprint density at radius 1 is 0.897 bits per heavy atom. The maximum Gasteiger partial charge on any atom is 0.249 e. The van der Waals surface area contributed by atoms with Crippen molar-refractivity contribution in [3.8, 4) is 0 Å². The monoisotopic (exact) mass is 396 g/mol. The van der Waals surface area contributed by atoms with Crippen molar-refractivity contribution < 1.29 is 18.8 Å². The van der Waals surface area contributed by atoms with Gasteiger partial charge in [0, 0.05) is 25.9 Å². The van der Waals surface area contributed by atoms with Crippen LogP contribution in [0.5, 0.6) is 0 Å². The highest BCUT2D eigenvalue weighted by atomic mass is 19.1. The van der Waals surface area contributed by atoms with Gasteiger partial charge in [0.15, 0.2) is 5.78 Å². The summed E-state index contributed by atoms with van der Waals surface area (Å²) in [7, 11) is 0. The van der Waals surface area contributed by atoms with Crippen molar-refractivity contribution in [3.63, 3.8) is 0 Å². The highest BCUT2D eigenvalue weighted by Crippen LogP contribution is 2.20. The number of likely N-dealkylation sites (tertiary alicyclic amines) is 1. The van der Waals surface area contributed by atoms with E-state index in [0.29, 0.717) is 18.7 Å². The van der Waals surface area contributed by atoms with E-state index in [-0.39, 0.29) is 24.3 Å². The number of nitrogens with one attached hydrogen (secondary N) is 1. The first-order valence-corrected chi connectivity index (χ1v) is 9.97. The molecule has 0 bridgehead atoms. The van der Waals surface area contributed by atoms with E-state index in [2.05, 4.69) is 5.32 Å². The molecule has 1 N–H and O–H groups in total. The Kier molecular flexibility index (Phi) is 7.11. The van der Waals surface area contributed by atoms with Gasteiger partial charge in [-0.25, -0.2) is 4.39 Å². The lowest BCUT2D eigenvalue weighted by atomic mass is 10.0. The Hall–Kier alpha value is -3.02. The lowest BCUT2D eigenvalue weighted by Gasteiger charge is -2.31. The molecule has 2 aromatic carbocycles. The molecule has 152 valence electrons. The SMILES string of the molecule is O=C(CCC(=O)c1ccccc1F)NC(C(=O)N1CCCCC1)c1ccccc1. The third-order valence-corrected chi connectivity index (χ3v) is 5.11. The summed E-state index contributed by atoms with van der Waals surface area (Å²) in [4.78, 5) is 39.5. The van der Waals surface area contributed by atoms with E-state index in [9.17, 15) is 18.8 Å². The van der Waals surface area contributed by atoms with Gasteiger partial charge in [0.25, 0.3) is 0 Å². The number of carbonyl (C=O) groups excluding carboxylic acids is 3. The van der Waals surface area contributed by atoms with Crippen molar-refractivity contribution >= 4 is 17.6 Å². The fourth-order valence-corrected chi connectivity index (χ4v) is 3.51. The van der Waals surface area contributed by atoms with Gasteiger partial charge in [-0.05, 0) is 37.0 Å². The van der Waals surface area contributed by atoms with Gasteiger partial charge in [-0.15, -0.1) is 0 Å². The van der Waals surface area contributed by atoms with E-state index in [4.69, 9.17) is 0 Å². The van der Waals surface area contributed by atoms with Gasteiger partial charge in [0.05, 0.1) is 5.56 Å². The molecule has 0 aliphatic carbocycles. The first-order chi connectivity index (χ1) is 14.1. The molecule has 0 spiro atoms. The number of hydrogen-bond acceptors (Lipinski definition) is 3. The van der Waals surface area contributed by atoms with Crippen molar-refractivity contribution in [1.82, 2.24) is 10.2 Å². The number of ketones is 1. The third kappa shape index (κ3) is 5.50. The Morgan fingerprint density at radius 3 is 2.24 bits per heavy atom. The van der Waals surface area contributed by atoms with Crippen LogP contribution < -0.4 is 5.32 Å². The molecule has 1 atom stereocenters. The van der Waals surface area contributed by atoms with Crippen LogP contribution in [0.4, 0.5) is 4.39 Å². The molecule has 0 saturated carbocycles. The molecule has 1 saturated heterocycles. The van der Waals surface area contributed by atoms with E-state index >= 15 is 0 Å². The molecule has 2 amide bonds. The lowest BCUT2D eigenvalue weighted by Crippen LogP contribution is -2.45. The van der Waals surface area contributed by atoms with E-state index in [1.807, 2.05) is 18.2 Å². The minimum atomic E-state index is -0.787. The molecule has 0 radical (unpaired) electrons. The van der Waals surface area contributed by atoms with E-state index in [1.54, 1.807) is 23.1 Å². The van der Waals surface area contributed by atoms with Crippen molar-refractivity contribution in [2.24, 2.45) is 0 Å². The molecule has 6 heteroatoms. The minimum Gasteiger partial charge on any atom is -0.341 e. The van der Waals surface area contributed by atoms with Crippen LogP contribution in [0.3, 0.4) is 0 Å². The highest BCUT2D eigenvalue weighted by Gasteiger charge is 2.28. The zero-order chi connectivity index (χ0) is 20.6. The molecular weight excluding hydrogens is 371 g/mol. The van der Waals surface area contributed by atoms with Gasteiger partial charge in [-0.1, -0.05) is 42.5 Å². The van der Waals surface area contributed by atoms with Gasteiger partial charge in [-0.3, -0.25) is 14.4 Å². The summed E-state index contributed by atoms with van der Waals surface area (Å²) in [5.41, 5.74) is 0.682. The second-order valence-electron chi connectivity index (χ2n) is 7.20. The number of halogens is 1. The van der Waals surface area contributed by atoms with Crippen LogP contribution in [-0.2, 0) is 9.59 Å². The summed E-state index contributed by atoms with van der Waals surface area (Å²) in [6.45, 7) is 1.37. The molecule has 1 aliphatic rings. The second kappa shape index (κ2) is 9.96. The largest absolute Gasteiger partial charge is 0.341 e. The van der Waals surface area contributed by atoms with Crippen LogP contribution >= 0.6 is 0 Å². The molecule has 29 heavy (non-hydrogen) atoms. The smallest absolute Gasteiger partial charge is 0.249 e. The van der Waals surface area contributed by atoms with Crippen molar-refractivity contribution in [2.75, 3.05) is 13.1 Å². The lowest BCUT2D eigenvalue weighted by molar-refractivity contribution is -0.137. The summed E-state index contributed by atoms with van der Waals surface area (Å²) in [6, 6.07) is 14.0. The van der Waals surface area contributed by atoms with E-state index in [0.717, 1.165) is 19.3 Å². The summed E-state index contributed by atoms with van der Waals surface area (Å²) >= 11 is 0. The average Bonchev–Trinajstić information content (AvgIpc) is 2.77. The zero-order valence-electron chi connectivity index (χ0n) is 16.3. The normalized spacial score (nSPS) is 14.9. The van der Waals surface area contributed by atoms with Crippen LogP contribution in [0, 0.1) is 5.82 Å². The third-order valence-electron chi connectivity index (χ3n) is 5.11. The molecule has 3 rings (SSSR count). The van der Waals surface area contributed by atoms with Crippen LogP contribution in [0.25, 0.3) is 0 Å². The Labute approximate surface area is 169 Å². The van der Waals surface area contributed by atoms with Gasteiger partial charge in [0.2, 0.25) is 11.8 Å². The fourth-order valence-electron chi connectivity index (χ4n) is 3.51. The molecule has 1 fully saturated rings. The maximum absolute atomic E-state index is 13.7. The van der Waals surface area contributed by atoms with Gasteiger partial charge >= 0.3 is 0 Å². The standard InChI is InChI=1S/C23H25FN2O3/c24-19-12-6-5-11-18(19)20(27)13-14-21(28)25-22(17-9-3-1-4-10-17)23(29)26-15-7-2-8-16-26/h1,3-6,9-12,22H,2,7-8,13-16H2,(H,25,28). The predicted octanol–water partition coefficient (Wildman–Crippen LogP) is 3.66. The number of piperidine rings is 1. The zero-order valence-corrected chi connectivity index (χ0v) is 16.3. The van der Waals surface area contributed by atoms with Crippen molar-refractivity contribution in [3.05, 3.63) is 71.5 Å². The number of rotatable bonds is 7. The van der Waals surface area contributed by atoms with Crippen LogP contribution in [0.1, 0.15) is 54.1 Å². The molecular formula is C23H25FN2O3. The molecule has 1 unspecified atom stereocenters. The summed E-state index contributed by atoms with van der Waals surface area (Å²) in [5.74, 6) is -1.57. The number of nitrogens with zero attached hydrogens (tertiary/aromatic N) is 1. The second-order valence-corrected chi connectivity index (χ2v) is 7.20. The van der Waals surface area contributed by atoms with Crippen LogP contribution in [0.15, 0.2) is 54.6 Å². The molecule has 5 nitrogen and oxygen atoms in total. The quantitative estimate of drug-likeness (QED) is 0.727. The van der Waals surface area contributed by atoms with E-state index in [1.165, 1.54) is 18.2 Å². The number of benzene rings is 2. The van der Waals surface area contributed by atoms with Gasteiger partial charge in [0.1, 0.15) is 11.9 Å². The fraction of sp³-hybridized carbons (Fsp3) is 0.348. The summed E-state index contributed by atoms with van der Waals surface area (Å²) in [5, 5.41) is 2.78. The molecule has 2 aromatic rings. The average molecular weight is 396 g/mol. The Balaban J connectivity index is 1.65. The molecule has 1 heterocycles. The Morgan fingerprint density at radius 2 is 1.55 bits per heavy atom. The summed E-state index contributed by atoms with van der Waals surface area (Å²) < 4.78 is 13.7. The van der Waals surface area contributed by atoms with Crippen molar-refractivity contribution in [1.29, 1.82) is 0 Å². The summed E-state index contributed by atoms with van der Waals surface area (Å²) in [6.07, 6.45) is 2.79. The number of Topliss-reactive ketones (excluding diaryl/α,β-unsaturated/α-hetero) is 1. The Bertz CT molecular complexity index is 863. The number of hydrogen-bond donors (Lipinski definition) is 1. The number of amides is 2. The minimum absolute atomic E-state index is 0.0238. The molecule has 1 aliphatic heterocycles. The van der Waals surface area contributed by atoms with Crippen molar-refractivity contribution in [2.45, 2.75) is 38.1 Å². The van der Waals surface area contributed by atoms with Gasteiger partial charge < -0.3 is 10.2 Å². The highest BCUT2D eigenvalue weighted by molar-refractivity contribution is 5.98. The molecule has 0 aromatic heterocycles. The van der Waals surface area contributed by atoms with Crippen LogP contribution in [-0.4, -0.2) is 35.6 Å². The maximum atomic E-state index is 13.7.